The third-order valence-electron chi connectivity index (χ3n) is 2.32. The first-order valence-corrected chi connectivity index (χ1v) is 5.64. The Kier molecular flexibility index (Phi) is 3.92. The number of para-hydroxylation sites is 1. The molecule has 0 heterocycles. The molecule has 2 rings (SSSR count). The minimum absolute atomic E-state index is 0.223. The summed E-state index contributed by atoms with van der Waals surface area (Å²) in [5.74, 6) is 5.17. The summed E-state index contributed by atoms with van der Waals surface area (Å²) in [4.78, 5) is 4.23. The molecule has 0 amide bonds. The number of hydrogen-bond donors (Lipinski definition) is 2. The van der Waals surface area contributed by atoms with E-state index < -0.39 is 5.82 Å². The fourth-order valence-corrected chi connectivity index (χ4v) is 1.65. The van der Waals surface area contributed by atoms with Gasteiger partial charge >= 0.3 is 0 Å². The van der Waals surface area contributed by atoms with Crippen LogP contribution in [-0.2, 0) is 0 Å². The molecule has 18 heavy (non-hydrogen) atoms. The molecule has 3 N–H and O–H groups in total. The van der Waals surface area contributed by atoms with Gasteiger partial charge in [-0.2, -0.15) is 0 Å². The summed E-state index contributed by atoms with van der Waals surface area (Å²) >= 11 is 5.83. The Hall–Kier alpha value is -1.91. The highest BCUT2D eigenvalue weighted by atomic mass is 35.5. The highest BCUT2D eigenvalue weighted by molar-refractivity contribution is 6.31. The summed E-state index contributed by atoms with van der Waals surface area (Å²) < 4.78 is 13.7. The number of nitrogens with zero attached hydrogens (tertiary/aromatic N) is 1. The molecule has 2 aromatic rings. The van der Waals surface area contributed by atoms with Gasteiger partial charge in [0, 0.05) is 5.02 Å². The Morgan fingerprint density at radius 3 is 2.56 bits per heavy atom. The first-order valence-electron chi connectivity index (χ1n) is 5.26. The summed E-state index contributed by atoms with van der Waals surface area (Å²) in [6, 6.07) is 13.3. The van der Waals surface area contributed by atoms with Crippen molar-refractivity contribution in [3.05, 3.63) is 64.9 Å². The van der Waals surface area contributed by atoms with E-state index in [-0.39, 0.29) is 11.4 Å². The van der Waals surface area contributed by atoms with Crippen molar-refractivity contribution in [2.24, 2.45) is 10.8 Å². The van der Waals surface area contributed by atoms with Crippen LogP contribution in [0.1, 0.15) is 5.56 Å². The minimum atomic E-state index is -0.438. The van der Waals surface area contributed by atoms with Crippen molar-refractivity contribution in [1.82, 2.24) is 5.43 Å². The average molecular weight is 264 g/mol. The molecule has 0 radical (unpaired) electrons. The van der Waals surface area contributed by atoms with Gasteiger partial charge in [-0.3, -0.25) is 0 Å². The van der Waals surface area contributed by atoms with Crippen LogP contribution in [0.2, 0.25) is 5.02 Å². The molecule has 0 spiro atoms. The maximum atomic E-state index is 13.7. The fourth-order valence-electron chi connectivity index (χ4n) is 1.48. The van der Waals surface area contributed by atoms with Gasteiger partial charge in [-0.1, -0.05) is 29.8 Å². The number of halogens is 2. The molecule has 2 aromatic carbocycles. The highest BCUT2D eigenvalue weighted by Crippen LogP contribution is 2.17. The van der Waals surface area contributed by atoms with Crippen LogP contribution in [0, 0.1) is 5.82 Å². The number of nitrogens with two attached hydrogens (primary N) is 1. The molecule has 0 atom stereocenters. The quantitative estimate of drug-likeness (QED) is 0.379. The van der Waals surface area contributed by atoms with Gasteiger partial charge in [0.15, 0.2) is 5.84 Å². The van der Waals surface area contributed by atoms with Crippen LogP contribution >= 0.6 is 11.6 Å². The number of benzene rings is 2. The largest absolute Gasteiger partial charge is 0.308 e. The first kappa shape index (κ1) is 12.5. The first-order chi connectivity index (χ1) is 8.70. The number of aliphatic imine (C=N–C) groups is 1. The molecule has 0 bridgehead atoms. The summed E-state index contributed by atoms with van der Waals surface area (Å²) in [7, 11) is 0. The van der Waals surface area contributed by atoms with Gasteiger partial charge in [0.05, 0.1) is 11.3 Å². The maximum absolute atomic E-state index is 13.7. The molecule has 0 unspecified atom stereocenters. The fraction of sp³-hybridized carbons (Fsp3) is 0. The van der Waals surface area contributed by atoms with E-state index in [0.717, 1.165) is 0 Å². The lowest BCUT2D eigenvalue weighted by Crippen LogP contribution is -2.31. The standard InChI is InChI=1S/C13H11ClFN3/c14-9-6-7-12(15)11(8-9)13(18-16)17-10-4-2-1-3-5-10/h1-8H,16H2,(H,17,18). The Labute approximate surface area is 109 Å². The van der Waals surface area contributed by atoms with E-state index in [0.29, 0.717) is 10.7 Å². The van der Waals surface area contributed by atoms with E-state index in [1.807, 2.05) is 18.2 Å². The number of amidine groups is 1. The minimum Gasteiger partial charge on any atom is -0.308 e. The number of hydrogen-bond acceptors (Lipinski definition) is 2. The maximum Gasteiger partial charge on any atom is 0.150 e. The Balaban J connectivity index is 2.45. The zero-order valence-electron chi connectivity index (χ0n) is 9.40. The summed E-state index contributed by atoms with van der Waals surface area (Å²) in [6.45, 7) is 0. The van der Waals surface area contributed by atoms with Crippen molar-refractivity contribution in [2.75, 3.05) is 0 Å². The van der Waals surface area contributed by atoms with Crippen LogP contribution in [0.3, 0.4) is 0 Å². The zero-order chi connectivity index (χ0) is 13.0. The van der Waals surface area contributed by atoms with Crippen LogP contribution in [0.25, 0.3) is 0 Å². The summed E-state index contributed by atoms with van der Waals surface area (Å²) in [5, 5.41) is 0.419. The van der Waals surface area contributed by atoms with E-state index in [1.165, 1.54) is 18.2 Å². The van der Waals surface area contributed by atoms with Gasteiger partial charge in [0.25, 0.3) is 0 Å². The van der Waals surface area contributed by atoms with Crippen LogP contribution in [0.5, 0.6) is 0 Å². The second-order valence-electron chi connectivity index (χ2n) is 3.56. The third kappa shape index (κ3) is 2.85. The topological polar surface area (TPSA) is 50.4 Å². The van der Waals surface area contributed by atoms with E-state index in [2.05, 4.69) is 10.4 Å². The second-order valence-corrected chi connectivity index (χ2v) is 4.00. The molecular formula is C13H11ClFN3. The second kappa shape index (κ2) is 5.62. The molecule has 0 aliphatic carbocycles. The van der Waals surface area contributed by atoms with Crippen LogP contribution in [-0.4, -0.2) is 5.84 Å². The van der Waals surface area contributed by atoms with Crippen molar-refractivity contribution in [3.8, 4) is 0 Å². The zero-order valence-corrected chi connectivity index (χ0v) is 10.2. The summed E-state index contributed by atoms with van der Waals surface area (Å²) in [6.07, 6.45) is 0. The molecular weight excluding hydrogens is 253 g/mol. The normalized spacial score (nSPS) is 11.4. The van der Waals surface area contributed by atoms with Crippen molar-refractivity contribution in [2.45, 2.75) is 0 Å². The van der Waals surface area contributed by atoms with Crippen molar-refractivity contribution < 1.29 is 4.39 Å². The smallest absolute Gasteiger partial charge is 0.150 e. The van der Waals surface area contributed by atoms with Crippen molar-refractivity contribution >= 4 is 23.1 Å². The Bertz CT molecular complexity index is 570. The third-order valence-corrected chi connectivity index (χ3v) is 2.55. The highest BCUT2D eigenvalue weighted by Gasteiger charge is 2.09. The molecule has 0 saturated carbocycles. The van der Waals surface area contributed by atoms with Gasteiger partial charge < -0.3 is 5.43 Å². The molecule has 0 saturated heterocycles. The van der Waals surface area contributed by atoms with Crippen molar-refractivity contribution in [3.63, 3.8) is 0 Å². The number of nitrogens with one attached hydrogen (secondary N) is 1. The van der Waals surface area contributed by atoms with E-state index in [1.54, 1.807) is 12.1 Å². The molecule has 0 aliphatic rings. The molecule has 0 fully saturated rings. The van der Waals surface area contributed by atoms with Gasteiger partial charge in [-0.05, 0) is 30.3 Å². The van der Waals surface area contributed by atoms with Gasteiger partial charge in [-0.15, -0.1) is 0 Å². The Morgan fingerprint density at radius 2 is 1.89 bits per heavy atom. The SMILES string of the molecule is NNC(=Nc1ccccc1)c1cc(Cl)ccc1F. The van der Waals surface area contributed by atoms with Crippen molar-refractivity contribution in [1.29, 1.82) is 0 Å². The average Bonchev–Trinajstić information content (AvgIpc) is 2.40. The van der Waals surface area contributed by atoms with E-state index in [9.17, 15) is 4.39 Å². The molecule has 0 aliphatic heterocycles. The van der Waals surface area contributed by atoms with Gasteiger partial charge in [-0.25, -0.2) is 15.2 Å². The van der Waals surface area contributed by atoms with Crippen LogP contribution in [0.4, 0.5) is 10.1 Å². The predicted octanol–water partition coefficient (Wildman–Crippen LogP) is 3.02. The number of hydrazine groups is 1. The Morgan fingerprint density at radius 1 is 1.17 bits per heavy atom. The molecule has 5 heteroatoms. The molecule has 92 valence electrons. The number of rotatable bonds is 2. The van der Waals surface area contributed by atoms with Gasteiger partial charge in [0.1, 0.15) is 5.82 Å². The van der Waals surface area contributed by atoms with E-state index in [4.69, 9.17) is 17.4 Å². The summed E-state index contributed by atoms with van der Waals surface area (Å²) in [5.41, 5.74) is 3.29. The lowest BCUT2D eigenvalue weighted by Gasteiger charge is -2.07. The molecule has 3 nitrogen and oxygen atoms in total. The molecule has 0 aromatic heterocycles. The van der Waals surface area contributed by atoms with Crippen LogP contribution < -0.4 is 11.3 Å². The van der Waals surface area contributed by atoms with Crippen LogP contribution in [0.15, 0.2) is 53.5 Å². The van der Waals surface area contributed by atoms with E-state index >= 15 is 0 Å². The van der Waals surface area contributed by atoms with Gasteiger partial charge in [0.2, 0.25) is 0 Å². The lowest BCUT2D eigenvalue weighted by atomic mass is 10.2. The lowest BCUT2D eigenvalue weighted by molar-refractivity contribution is 0.624. The predicted molar refractivity (Wildman–Crippen MR) is 71.4 cm³/mol. The monoisotopic (exact) mass is 263 g/mol.